The first-order valence-electron chi connectivity index (χ1n) is 11.9. The number of fused-ring (bicyclic) bond motifs is 1. The number of amides is 2. The van der Waals surface area contributed by atoms with Gasteiger partial charge in [-0.25, -0.2) is 0 Å². The van der Waals surface area contributed by atoms with Crippen molar-refractivity contribution in [2.24, 2.45) is 11.8 Å². The van der Waals surface area contributed by atoms with Gasteiger partial charge in [-0.05, 0) is 42.0 Å². The predicted molar refractivity (Wildman–Crippen MR) is 139 cm³/mol. The van der Waals surface area contributed by atoms with Crippen LogP contribution < -0.4 is 20.3 Å². The molecule has 0 radical (unpaired) electrons. The fourth-order valence-corrected chi connectivity index (χ4v) is 5.01. The Morgan fingerprint density at radius 1 is 1.12 bits per heavy atom. The van der Waals surface area contributed by atoms with Gasteiger partial charge in [0.2, 0.25) is 0 Å². The molecule has 0 unspecified atom stereocenters. The van der Waals surface area contributed by atoms with Gasteiger partial charge >= 0.3 is 0 Å². The molecule has 0 saturated carbocycles. The highest BCUT2D eigenvalue weighted by Gasteiger charge is 2.22. The Balaban J connectivity index is 1.63. The van der Waals surface area contributed by atoms with E-state index in [9.17, 15) is 9.59 Å². The second-order valence-corrected chi connectivity index (χ2v) is 10.6. The first kappa shape index (κ1) is 25.8. The van der Waals surface area contributed by atoms with Gasteiger partial charge in [0, 0.05) is 22.3 Å². The number of anilines is 1. The molecule has 2 aromatic rings. The minimum absolute atomic E-state index is 0.117. The lowest BCUT2D eigenvalue weighted by atomic mass is 10.1. The van der Waals surface area contributed by atoms with Gasteiger partial charge in [-0.15, -0.1) is 0 Å². The molecular formula is C27H36N3O3S+. The van der Waals surface area contributed by atoms with Crippen molar-refractivity contribution < 1.29 is 19.2 Å². The smallest absolute Gasteiger partial charge is 0.262 e. The maximum atomic E-state index is 12.7. The van der Waals surface area contributed by atoms with Crippen LogP contribution in [0.3, 0.4) is 0 Å². The third kappa shape index (κ3) is 7.37. The zero-order valence-corrected chi connectivity index (χ0v) is 21.6. The maximum Gasteiger partial charge on any atom is 0.262 e. The van der Waals surface area contributed by atoms with Crippen LogP contribution >= 0.6 is 11.8 Å². The van der Waals surface area contributed by atoms with Gasteiger partial charge in [-0.2, -0.15) is 0 Å². The summed E-state index contributed by atoms with van der Waals surface area (Å²) in [4.78, 5) is 28.4. The molecule has 0 aliphatic carbocycles. The molecule has 182 valence electrons. The lowest BCUT2D eigenvalue weighted by Crippen LogP contribution is -3.13. The number of nitrogens with one attached hydrogen (secondary N) is 3. The third-order valence-electron chi connectivity index (χ3n) is 5.48. The number of thioether (sulfide) groups is 1. The van der Waals surface area contributed by atoms with Crippen LogP contribution in [-0.4, -0.2) is 45.1 Å². The van der Waals surface area contributed by atoms with Crippen LogP contribution in [0.5, 0.6) is 5.75 Å². The van der Waals surface area contributed by atoms with E-state index in [4.69, 9.17) is 4.74 Å². The number of hydrogen-bond donors (Lipinski definition) is 3. The minimum Gasteiger partial charge on any atom is -0.497 e. The zero-order chi connectivity index (χ0) is 24.7. The molecule has 1 aliphatic rings. The van der Waals surface area contributed by atoms with E-state index in [0.717, 1.165) is 35.8 Å². The summed E-state index contributed by atoms with van der Waals surface area (Å²) in [6.07, 6.45) is 1.84. The Bertz CT molecular complexity index is 1040. The molecule has 34 heavy (non-hydrogen) atoms. The Labute approximate surface area is 207 Å². The number of carbonyl (C=O) groups excluding carboxylic acids is 2. The number of benzene rings is 2. The average molecular weight is 483 g/mol. The van der Waals surface area contributed by atoms with E-state index >= 15 is 0 Å². The van der Waals surface area contributed by atoms with E-state index in [0.29, 0.717) is 34.5 Å². The van der Waals surface area contributed by atoms with Gasteiger partial charge in [0.15, 0.2) is 0 Å². The monoisotopic (exact) mass is 482 g/mol. The lowest BCUT2D eigenvalue weighted by molar-refractivity contribution is -0.904. The van der Waals surface area contributed by atoms with E-state index in [1.807, 2.05) is 42.5 Å². The molecule has 3 N–H and O–H groups in total. The highest BCUT2D eigenvalue weighted by Crippen LogP contribution is 2.39. The number of hydrogen-bond acceptors (Lipinski definition) is 4. The van der Waals surface area contributed by atoms with Gasteiger partial charge in [-0.3, -0.25) is 9.59 Å². The van der Waals surface area contributed by atoms with Crippen molar-refractivity contribution in [3.63, 3.8) is 0 Å². The van der Waals surface area contributed by atoms with Crippen molar-refractivity contribution in [3.8, 4) is 5.75 Å². The number of methoxy groups -OCH3 is 1. The van der Waals surface area contributed by atoms with Crippen LogP contribution in [0.25, 0.3) is 6.08 Å². The first-order valence-corrected chi connectivity index (χ1v) is 12.7. The Hall–Kier alpha value is -2.77. The zero-order valence-electron chi connectivity index (χ0n) is 20.7. The highest BCUT2D eigenvalue weighted by atomic mass is 32.2. The molecule has 0 atom stereocenters. The maximum absolute atomic E-state index is 12.7. The molecule has 1 aliphatic heterocycles. The number of rotatable bonds is 10. The molecule has 1 heterocycles. The van der Waals surface area contributed by atoms with Crippen molar-refractivity contribution in [2.45, 2.75) is 32.6 Å². The van der Waals surface area contributed by atoms with Gasteiger partial charge in [0.25, 0.3) is 11.8 Å². The molecule has 0 bridgehead atoms. The summed E-state index contributed by atoms with van der Waals surface area (Å²) in [6, 6.07) is 13.0. The first-order chi connectivity index (χ1) is 16.2. The molecule has 6 nitrogen and oxygen atoms in total. The molecule has 0 fully saturated rings. The topological polar surface area (TPSA) is 71.9 Å². The fraction of sp³-hybridized carbons (Fsp3) is 0.407. The second kappa shape index (κ2) is 12.1. The Morgan fingerprint density at radius 2 is 1.85 bits per heavy atom. The van der Waals surface area contributed by atoms with Crippen LogP contribution in [0, 0.1) is 11.8 Å². The number of quaternary nitrogens is 1. The Kier molecular flexibility index (Phi) is 9.19. The van der Waals surface area contributed by atoms with E-state index in [-0.39, 0.29) is 11.8 Å². The number of ether oxygens (including phenoxy) is 1. The summed E-state index contributed by atoms with van der Waals surface area (Å²) in [5, 5.41) is 5.97. The quantitative estimate of drug-likeness (QED) is 0.452. The normalized spacial score (nSPS) is 14.5. The van der Waals surface area contributed by atoms with Gasteiger partial charge < -0.3 is 20.3 Å². The molecule has 3 rings (SSSR count). The van der Waals surface area contributed by atoms with E-state index in [1.54, 1.807) is 13.2 Å². The molecule has 0 saturated heterocycles. The summed E-state index contributed by atoms with van der Waals surface area (Å²) in [6.45, 7) is 12.7. The molecule has 0 aromatic heterocycles. The Morgan fingerprint density at radius 3 is 2.53 bits per heavy atom. The third-order valence-corrected chi connectivity index (χ3v) is 6.58. The summed E-state index contributed by atoms with van der Waals surface area (Å²) in [5.74, 6) is 1.68. The summed E-state index contributed by atoms with van der Waals surface area (Å²) < 4.78 is 5.26. The largest absolute Gasteiger partial charge is 0.497 e. The number of carbonyl (C=O) groups is 2. The van der Waals surface area contributed by atoms with Crippen molar-refractivity contribution in [2.75, 3.05) is 38.6 Å². The summed E-state index contributed by atoms with van der Waals surface area (Å²) >= 11 is 1.40. The molecule has 2 aromatic carbocycles. The second-order valence-electron chi connectivity index (χ2n) is 9.50. The van der Waals surface area contributed by atoms with Gasteiger partial charge in [0.05, 0.1) is 43.9 Å². The molecule has 2 amide bonds. The van der Waals surface area contributed by atoms with E-state index in [2.05, 4.69) is 38.3 Å². The highest BCUT2D eigenvalue weighted by molar-refractivity contribution is 8.04. The van der Waals surface area contributed by atoms with Crippen molar-refractivity contribution in [3.05, 3.63) is 58.5 Å². The standard InChI is InChI=1S/C27H35N3O3S/c1-18(2)16-30(17-19(3)4)12-11-28-26(31)21-9-10-24-23(15-21)29-27(32)25(34-24)14-20-7-6-8-22(13-20)33-5/h6-10,13-15,18-19H,11-12,16-17H2,1-5H3,(H,28,31)(H,29,32)/p+1. The fourth-order valence-electron chi connectivity index (χ4n) is 4.08. The van der Waals surface area contributed by atoms with Crippen LogP contribution in [0.2, 0.25) is 0 Å². The van der Waals surface area contributed by atoms with E-state index < -0.39 is 0 Å². The van der Waals surface area contributed by atoms with Crippen LogP contribution in [0.4, 0.5) is 5.69 Å². The predicted octanol–water partition coefficient (Wildman–Crippen LogP) is 3.71. The van der Waals surface area contributed by atoms with Crippen LogP contribution in [0.1, 0.15) is 43.6 Å². The minimum atomic E-state index is -0.181. The SMILES string of the molecule is COc1cccc(C=C2Sc3ccc(C(=O)NCC[NH+](CC(C)C)CC(C)C)cc3NC2=O)c1. The summed E-state index contributed by atoms with van der Waals surface area (Å²) in [5.41, 5.74) is 2.11. The van der Waals surface area contributed by atoms with Gasteiger partial charge in [0.1, 0.15) is 5.75 Å². The van der Waals surface area contributed by atoms with Crippen molar-refractivity contribution in [1.82, 2.24) is 5.32 Å². The molecule has 0 spiro atoms. The summed E-state index contributed by atoms with van der Waals surface area (Å²) in [7, 11) is 1.62. The van der Waals surface area contributed by atoms with Crippen molar-refractivity contribution in [1.29, 1.82) is 0 Å². The van der Waals surface area contributed by atoms with E-state index in [1.165, 1.54) is 16.7 Å². The molecular weight excluding hydrogens is 446 g/mol. The average Bonchev–Trinajstić information content (AvgIpc) is 2.78. The molecule has 7 heteroatoms. The lowest BCUT2D eigenvalue weighted by Gasteiger charge is -2.23. The van der Waals surface area contributed by atoms with Crippen molar-refractivity contribution >= 4 is 35.3 Å². The van der Waals surface area contributed by atoms with Gasteiger partial charge in [-0.1, -0.05) is 51.6 Å². The van der Waals surface area contributed by atoms with Crippen LogP contribution in [-0.2, 0) is 4.79 Å². The van der Waals surface area contributed by atoms with Crippen LogP contribution in [0.15, 0.2) is 52.3 Å².